The van der Waals surface area contributed by atoms with Gasteiger partial charge in [-0.25, -0.2) is 0 Å². The Morgan fingerprint density at radius 1 is 0.960 bits per heavy atom. The van der Waals surface area contributed by atoms with Crippen LogP contribution >= 0.6 is 23.2 Å². The van der Waals surface area contributed by atoms with Crippen LogP contribution in [0.4, 0.5) is 0 Å². The molecule has 0 aliphatic heterocycles. The van der Waals surface area contributed by atoms with Crippen molar-refractivity contribution in [1.82, 2.24) is 0 Å². The summed E-state index contributed by atoms with van der Waals surface area (Å²) in [5.74, 6) is 1.54. The van der Waals surface area contributed by atoms with Crippen LogP contribution in [0, 0.1) is 5.92 Å². The summed E-state index contributed by atoms with van der Waals surface area (Å²) in [7, 11) is 0. The van der Waals surface area contributed by atoms with Crippen molar-refractivity contribution in [3.63, 3.8) is 0 Å². The maximum absolute atomic E-state index is 12.2. The first-order valence-electron chi connectivity index (χ1n) is 8.80. The highest BCUT2D eigenvalue weighted by atomic mass is 35.5. The molecular formula is C21H22Cl2O2. The van der Waals surface area contributed by atoms with Gasteiger partial charge < -0.3 is 4.74 Å². The van der Waals surface area contributed by atoms with Gasteiger partial charge in [0.1, 0.15) is 18.1 Å². The van der Waals surface area contributed by atoms with E-state index in [2.05, 4.69) is 0 Å². The first-order chi connectivity index (χ1) is 12.1. The number of aryl methyl sites for hydroxylation is 1. The molecule has 0 radical (unpaired) electrons. The van der Waals surface area contributed by atoms with Crippen LogP contribution in [-0.4, -0.2) is 5.78 Å². The molecule has 0 atom stereocenters. The first-order valence-corrected chi connectivity index (χ1v) is 9.56. The normalized spacial score (nSPS) is 14.6. The van der Waals surface area contributed by atoms with E-state index in [9.17, 15) is 4.79 Å². The second-order valence-electron chi connectivity index (χ2n) is 6.63. The molecule has 25 heavy (non-hydrogen) atoms. The van der Waals surface area contributed by atoms with Crippen molar-refractivity contribution in [1.29, 1.82) is 0 Å². The summed E-state index contributed by atoms with van der Waals surface area (Å²) in [5, 5.41) is 1.08. The Balaban J connectivity index is 1.48. The van der Waals surface area contributed by atoms with E-state index in [1.807, 2.05) is 36.4 Å². The highest BCUT2D eigenvalue weighted by Gasteiger charge is 2.21. The van der Waals surface area contributed by atoms with E-state index in [0.29, 0.717) is 34.8 Å². The van der Waals surface area contributed by atoms with Gasteiger partial charge in [-0.1, -0.05) is 54.2 Å². The minimum absolute atomic E-state index is 0.314. The Bertz CT molecular complexity index is 719. The van der Waals surface area contributed by atoms with Crippen LogP contribution in [0.2, 0.25) is 10.0 Å². The van der Waals surface area contributed by atoms with Gasteiger partial charge in [0, 0.05) is 12.3 Å². The van der Waals surface area contributed by atoms with Crippen LogP contribution in [0.3, 0.4) is 0 Å². The van der Waals surface area contributed by atoms with Gasteiger partial charge in [-0.05, 0) is 54.7 Å². The van der Waals surface area contributed by atoms with Crippen molar-refractivity contribution in [2.75, 3.05) is 0 Å². The molecule has 2 aromatic rings. The second-order valence-corrected chi connectivity index (χ2v) is 7.44. The van der Waals surface area contributed by atoms with Crippen LogP contribution < -0.4 is 4.74 Å². The lowest BCUT2D eigenvalue weighted by molar-refractivity contribution is -0.122. The van der Waals surface area contributed by atoms with Crippen molar-refractivity contribution in [2.24, 2.45) is 5.92 Å². The number of carbonyl (C=O) groups is 1. The van der Waals surface area contributed by atoms with E-state index in [0.717, 1.165) is 30.6 Å². The summed E-state index contributed by atoms with van der Waals surface area (Å²) in [6, 6.07) is 13.5. The summed E-state index contributed by atoms with van der Waals surface area (Å²) in [6.45, 7) is 0.441. The average molecular weight is 377 g/mol. The Kier molecular flexibility index (Phi) is 6.39. The van der Waals surface area contributed by atoms with Crippen LogP contribution in [0.1, 0.15) is 43.2 Å². The maximum atomic E-state index is 12.2. The number of ketones is 1. The lowest BCUT2D eigenvalue weighted by Gasteiger charge is -2.09. The van der Waals surface area contributed by atoms with Gasteiger partial charge in [0.05, 0.1) is 10.0 Å². The molecule has 4 heteroatoms. The number of benzene rings is 2. The molecule has 0 N–H and O–H groups in total. The topological polar surface area (TPSA) is 26.3 Å². The predicted octanol–water partition coefficient (Wildman–Crippen LogP) is 6.26. The number of ether oxygens (including phenoxy) is 1. The van der Waals surface area contributed by atoms with Crippen molar-refractivity contribution in [3.8, 4) is 5.75 Å². The highest BCUT2D eigenvalue weighted by molar-refractivity contribution is 6.42. The third kappa shape index (κ3) is 5.23. The monoisotopic (exact) mass is 376 g/mol. The van der Waals surface area contributed by atoms with E-state index >= 15 is 0 Å². The van der Waals surface area contributed by atoms with Gasteiger partial charge in [-0.15, -0.1) is 0 Å². The summed E-state index contributed by atoms with van der Waals surface area (Å²) in [6.07, 6.45) is 6.04. The summed E-state index contributed by atoms with van der Waals surface area (Å²) in [4.78, 5) is 12.2. The quantitative estimate of drug-likeness (QED) is 0.569. The molecule has 2 nitrogen and oxygen atoms in total. The molecule has 0 aromatic heterocycles. The average Bonchev–Trinajstić information content (AvgIpc) is 3.16. The summed E-state index contributed by atoms with van der Waals surface area (Å²) >= 11 is 11.9. The third-order valence-corrected chi connectivity index (χ3v) is 5.52. The minimum atomic E-state index is 0.314. The van der Waals surface area contributed by atoms with Crippen LogP contribution in [0.5, 0.6) is 5.75 Å². The van der Waals surface area contributed by atoms with Gasteiger partial charge in [0.2, 0.25) is 0 Å². The smallest absolute Gasteiger partial charge is 0.136 e. The SMILES string of the molecule is O=C(CCc1ccc(OCc2ccc(Cl)c(Cl)c2)cc1)C1CCCC1. The minimum Gasteiger partial charge on any atom is -0.489 e. The van der Waals surface area contributed by atoms with Crippen molar-refractivity contribution in [3.05, 3.63) is 63.6 Å². The van der Waals surface area contributed by atoms with E-state index < -0.39 is 0 Å². The predicted molar refractivity (Wildman–Crippen MR) is 103 cm³/mol. The van der Waals surface area contributed by atoms with Gasteiger partial charge >= 0.3 is 0 Å². The zero-order valence-electron chi connectivity index (χ0n) is 14.1. The second kappa shape index (κ2) is 8.73. The Morgan fingerprint density at radius 2 is 1.64 bits per heavy atom. The van der Waals surface area contributed by atoms with Gasteiger partial charge in [0.25, 0.3) is 0 Å². The van der Waals surface area contributed by atoms with Crippen molar-refractivity contribution in [2.45, 2.75) is 45.1 Å². The van der Waals surface area contributed by atoms with Crippen molar-refractivity contribution >= 4 is 29.0 Å². The Hall–Kier alpha value is -1.51. The van der Waals surface area contributed by atoms with E-state index in [-0.39, 0.29) is 0 Å². The number of Topliss-reactive ketones (excluding diaryl/α,β-unsaturated/α-hetero) is 1. The zero-order valence-corrected chi connectivity index (χ0v) is 15.7. The molecule has 132 valence electrons. The Labute approximate surface area is 159 Å². The largest absolute Gasteiger partial charge is 0.489 e. The Morgan fingerprint density at radius 3 is 2.32 bits per heavy atom. The molecule has 1 aliphatic carbocycles. The molecular weight excluding hydrogens is 355 g/mol. The van der Waals surface area contributed by atoms with Gasteiger partial charge in [-0.3, -0.25) is 4.79 Å². The number of rotatable bonds is 7. The molecule has 0 unspecified atom stereocenters. The van der Waals surface area contributed by atoms with Crippen molar-refractivity contribution < 1.29 is 9.53 Å². The highest BCUT2D eigenvalue weighted by Crippen LogP contribution is 2.27. The number of hydrogen-bond acceptors (Lipinski definition) is 2. The molecule has 1 saturated carbocycles. The lowest BCUT2D eigenvalue weighted by atomic mass is 9.97. The van der Waals surface area contributed by atoms with Gasteiger partial charge in [-0.2, -0.15) is 0 Å². The molecule has 0 heterocycles. The molecule has 0 saturated heterocycles. The fourth-order valence-corrected chi connectivity index (χ4v) is 3.59. The van der Waals surface area contributed by atoms with Crippen LogP contribution in [-0.2, 0) is 17.8 Å². The summed E-state index contributed by atoms with van der Waals surface area (Å²) < 4.78 is 5.78. The molecule has 2 aromatic carbocycles. The number of halogens is 2. The molecule has 3 rings (SSSR count). The summed E-state index contributed by atoms with van der Waals surface area (Å²) in [5.41, 5.74) is 2.15. The zero-order chi connectivity index (χ0) is 17.6. The van der Waals surface area contributed by atoms with Crippen LogP contribution in [0.25, 0.3) is 0 Å². The number of carbonyl (C=O) groups excluding carboxylic acids is 1. The first kappa shape index (κ1) is 18.3. The lowest BCUT2D eigenvalue weighted by Crippen LogP contribution is -2.11. The number of hydrogen-bond donors (Lipinski definition) is 0. The van der Waals surface area contributed by atoms with E-state index in [1.54, 1.807) is 6.07 Å². The maximum Gasteiger partial charge on any atom is 0.136 e. The fourth-order valence-electron chi connectivity index (χ4n) is 3.27. The van der Waals surface area contributed by atoms with E-state index in [1.165, 1.54) is 18.4 Å². The van der Waals surface area contributed by atoms with Gasteiger partial charge in [0.15, 0.2) is 0 Å². The molecule has 0 amide bonds. The van der Waals surface area contributed by atoms with E-state index in [4.69, 9.17) is 27.9 Å². The van der Waals surface area contributed by atoms with Crippen LogP contribution in [0.15, 0.2) is 42.5 Å². The third-order valence-electron chi connectivity index (χ3n) is 4.78. The molecule has 1 aliphatic rings. The molecule has 0 spiro atoms. The molecule has 1 fully saturated rings. The molecule has 0 bridgehead atoms. The fraction of sp³-hybridized carbons (Fsp3) is 0.381. The standard InChI is InChI=1S/C21H22Cl2O2/c22-19-11-7-16(13-20(19)23)14-25-18-9-5-15(6-10-18)8-12-21(24)17-3-1-2-4-17/h5-7,9-11,13,17H,1-4,8,12,14H2.